The van der Waals surface area contributed by atoms with Gasteiger partial charge < -0.3 is 15.1 Å². The van der Waals surface area contributed by atoms with E-state index in [1.165, 1.54) is 5.56 Å². The van der Waals surface area contributed by atoms with E-state index in [0.29, 0.717) is 5.15 Å². The fraction of sp³-hybridized carbons (Fsp3) is 0.474. The summed E-state index contributed by atoms with van der Waals surface area (Å²) >= 11 is 6.38. The lowest BCUT2D eigenvalue weighted by Crippen LogP contribution is -2.34. The number of hydrogen-bond donors (Lipinski definition) is 3. The van der Waals surface area contributed by atoms with Crippen molar-refractivity contribution in [3.8, 4) is 0 Å². The summed E-state index contributed by atoms with van der Waals surface area (Å²) < 4.78 is 1.84. The molecule has 156 valence electrons. The molecule has 1 unspecified atom stereocenters. The Labute approximate surface area is 174 Å². The number of nitrogens with zero attached hydrogens (tertiary/aromatic N) is 5. The smallest absolute Gasteiger partial charge is 0.290 e. The SMILES string of the molecule is CCCCc1nc(Cl)c(CN2Cc3[nH]cnc3C(c3cnn(C)c3)C2)[nH]1.O=CO. The summed E-state index contributed by atoms with van der Waals surface area (Å²) in [7, 11) is 1.94. The second kappa shape index (κ2) is 9.71. The Hall–Kier alpha value is -2.65. The van der Waals surface area contributed by atoms with Gasteiger partial charge >= 0.3 is 0 Å². The van der Waals surface area contributed by atoms with E-state index in [2.05, 4.69) is 43.1 Å². The number of aryl methyl sites for hydroxylation is 2. The summed E-state index contributed by atoms with van der Waals surface area (Å²) in [4.78, 5) is 26.5. The molecule has 0 radical (unpaired) electrons. The van der Waals surface area contributed by atoms with Crippen molar-refractivity contribution in [2.45, 2.75) is 45.2 Å². The van der Waals surface area contributed by atoms with Gasteiger partial charge in [-0.15, -0.1) is 0 Å². The summed E-state index contributed by atoms with van der Waals surface area (Å²) in [6.07, 6.45) is 8.99. The van der Waals surface area contributed by atoms with Gasteiger partial charge in [-0.1, -0.05) is 24.9 Å². The highest BCUT2D eigenvalue weighted by molar-refractivity contribution is 6.30. The van der Waals surface area contributed by atoms with Gasteiger partial charge in [-0.3, -0.25) is 14.4 Å². The Kier molecular flexibility index (Phi) is 7.05. The lowest BCUT2D eigenvalue weighted by atomic mass is 9.93. The van der Waals surface area contributed by atoms with Crippen molar-refractivity contribution in [2.75, 3.05) is 6.54 Å². The Morgan fingerprint density at radius 2 is 2.24 bits per heavy atom. The molecule has 1 aliphatic rings. The van der Waals surface area contributed by atoms with Gasteiger partial charge in [-0.05, 0) is 6.42 Å². The maximum atomic E-state index is 8.36. The molecular weight excluding hydrogens is 394 g/mol. The molecule has 0 bridgehead atoms. The molecule has 3 aromatic rings. The molecule has 0 saturated heterocycles. The van der Waals surface area contributed by atoms with E-state index in [9.17, 15) is 0 Å². The number of aromatic nitrogens is 6. The first-order valence-electron chi connectivity index (χ1n) is 9.59. The minimum absolute atomic E-state index is 0.208. The van der Waals surface area contributed by atoms with E-state index >= 15 is 0 Å². The van der Waals surface area contributed by atoms with Crippen LogP contribution in [0.2, 0.25) is 5.15 Å². The lowest BCUT2D eigenvalue weighted by molar-refractivity contribution is -0.122. The zero-order chi connectivity index (χ0) is 20.8. The van der Waals surface area contributed by atoms with Crippen LogP contribution in [0.1, 0.15) is 54.2 Å². The van der Waals surface area contributed by atoms with Crippen LogP contribution in [-0.2, 0) is 31.4 Å². The molecule has 0 aliphatic carbocycles. The fourth-order valence-electron chi connectivity index (χ4n) is 3.63. The van der Waals surface area contributed by atoms with Gasteiger partial charge in [0.15, 0.2) is 5.15 Å². The van der Waals surface area contributed by atoms with E-state index in [1.807, 2.05) is 17.9 Å². The molecule has 1 aliphatic heterocycles. The average molecular weight is 420 g/mol. The molecule has 4 heterocycles. The van der Waals surface area contributed by atoms with Crippen LogP contribution in [0.4, 0.5) is 0 Å². The van der Waals surface area contributed by atoms with Crippen molar-refractivity contribution in [1.82, 2.24) is 34.6 Å². The Balaban J connectivity index is 0.000000755. The van der Waals surface area contributed by atoms with Crippen molar-refractivity contribution in [3.63, 3.8) is 0 Å². The van der Waals surface area contributed by atoms with Gasteiger partial charge in [0.2, 0.25) is 0 Å². The van der Waals surface area contributed by atoms with E-state index in [1.54, 1.807) is 6.33 Å². The highest BCUT2D eigenvalue weighted by atomic mass is 35.5. The zero-order valence-electron chi connectivity index (χ0n) is 16.6. The fourth-order valence-corrected chi connectivity index (χ4v) is 3.83. The van der Waals surface area contributed by atoms with Crippen LogP contribution in [0.25, 0.3) is 0 Å². The molecule has 1 atom stereocenters. The largest absolute Gasteiger partial charge is 0.483 e. The highest BCUT2D eigenvalue weighted by Crippen LogP contribution is 2.32. The zero-order valence-corrected chi connectivity index (χ0v) is 17.4. The summed E-state index contributed by atoms with van der Waals surface area (Å²) in [5.41, 5.74) is 4.45. The number of aromatic amines is 2. The second-order valence-corrected chi connectivity index (χ2v) is 7.46. The number of carbonyl (C=O) groups is 1. The van der Waals surface area contributed by atoms with Crippen LogP contribution in [0.5, 0.6) is 0 Å². The van der Waals surface area contributed by atoms with Crippen LogP contribution in [0.15, 0.2) is 18.7 Å². The lowest BCUT2D eigenvalue weighted by Gasteiger charge is -2.31. The van der Waals surface area contributed by atoms with E-state index in [0.717, 1.165) is 61.8 Å². The minimum atomic E-state index is -0.250. The van der Waals surface area contributed by atoms with Gasteiger partial charge in [0.05, 0.1) is 29.6 Å². The molecule has 0 spiro atoms. The Bertz CT molecular complexity index is 933. The summed E-state index contributed by atoms with van der Waals surface area (Å²) in [5.74, 6) is 1.19. The van der Waals surface area contributed by atoms with Crippen LogP contribution in [0, 0.1) is 0 Å². The first-order chi connectivity index (χ1) is 14.0. The molecule has 4 rings (SSSR count). The predicted octanol–water partition coefficient (Wildman–Crippen LogP) is 2.71. The summed E-state index contributed by atoms with van der Waals surface area (Å²) in [5, 5.41) is 11.8. The summed E-state index contributed by atoms with van der Waals surface area (Å²) in [6, 6.07) is 0. The second-order valence-electron chi connectivity index (χ2n) is 7.10. The standard InChI is InChI=1S/C18H24ClN7.CH2O2/c1-3-4-5-16-23-15(18(19)24-16)10-26-8-13(12-6-22-25(2)7-12)17-14(9-26)20-11-21-17;2-1-3/h6-7,11,13H,3-5,8-10H2,1-2H3,(H,20,21)(H,23,24);1H,(H,2,3). The molecular formula is C19H26ClN7O2. The maximum absolute atomic E-state index is 8.36. The number of halogens is 1. The molecule has 0 aromatic carbocycles. The molecule has 0 amide bonds. The number of imidazole rings is 2. The maximum Gasteiger partial charge on any atom is 0.290 e. The van der Waals surface area contributed by atoms with Gasteiger partial charge in [0.25, 0.3) is 6.47 Å². The van der Waals surface area contributed by atoms with Crippen LogP contribution >= 0.6 is 11.6 Å². The third-order valence-electron chi connectivity index (χ3n) is 4.96. The van der Waals surface area contributed by atoms with Crippen LogP contribution < -0.4 is 0 Å². The normalized spacial score (nSPS) is 16.2. The number of rotatable bonds is 6. The van der Waals surface area contributed by atoms with Crippen LogP contribution in [-0.4, -0.2) is 52.7 Å². The topological polar surface area (TPSA) is 116 Å². The van der Waals surface area contributed by atoms with Crippen molar-refractivity contribution >= 4 is 18.1 Å². The van der Waals surface area contributed by atoms with Crippen molar-refractivity contribution in [1.29, 1.82) is 0 Å². The van der Waals surface area contributed by atoms with Crippen LogP contribution in [0.3, 0.4) is 0 Å². The number of H-pyrrole nitrogens is 2. The molecule has 3 aromatic heterocycles. The number of carboxylic acid groups (broad SMARTS) is 1. The first kappa shape index (κ1) is 21.1. The average Bonchev–Trinajstić information content (AvgIpc) is 3.41. The third kappa shape index (κ3) is 5.04. The number of unbranched alkanes of at least 4 members (excludes halogenated alkanes) is 1. The molecule has 10 heteroatoms. The molecule has 9 nitrogen and oxygen atoms in total. The van der Waals surface area contributed by atoms with Crippen molar-refractivity contribution in [2.24, 2.45) is 7.05 Å². The van der Waals surface area contributed by atoms with E-state index in [-0.39, 0.29) is 12.4 Å². The number of nitrogens with one attached hydrogen (secondary N) is 2. The van der Waals surface area contributed by atoms with Gasteiger partial charge in [0, 0.05) is 50.8 Å². The summed E-state index contributed by atoms with van der Waals surface area (Å²) in [6.45, 7) is 4.38. The van der Waals surface area contributed by atoms with Gasteiger partial charge in [-0.2, -0.15) is 5.10 Å². The first-order valence-corrected chi connectivity index (χ1v) is 9.97. The van der Waals surface area contributed by atoms with E-state index in [4.69, 9.17) is 21.5 Å². The Morgan fingerprint density at radius 3 is 2.93 bits per heavy atom. The van der Waals surface area contributed by atoms with Gasteiger partial charge in [0.1, 0.15) is 5.82 Å². The molecule has 0 fully saturated rings. The quantitative estimate of drug-likeness (QED) is 0.529. The minimum Gasteiger partial charge on any atom is -0.483 e. The molecule has 3 N–H and O–H groups in total. The van der Waals surface area contributed by atoms with E-state index < -0.39 is 0 Å². The molecule has 0 saturated carbocycles. The monoisotopic (exact) mass is 419 g/mol. The van der Waals surface area contributed by atoms with Gasteiger partial charge in [-0.25, -0.2) is 9.97 Å². The highest BCUT2D eigenvalue weighted by Gasteiger charge is 2.30. The van der Waals surface area contributed by atoms with Crippen molar-refractivity contribution < 1.29 is 9.90 Å². The predicted molar refractivity (Wildman–Crippen MR) is 109 cm³/mol. The third-order valence-corrected chi connectivity index (χ3v) is 5.27. The number of hydrogen-bond acceptors (Lipinski definition) is 5. The Morgan fingerprint density at radius 1 is 1.45 bits per heavy atom. The molecule has 29 heavy (non-hydrogen) atoms. The number of fused-ring (bicyclic) bond motifs is 1. The van der Waals surface area contributed by atoms with Crippen molar-refractivity contribution in [3.05, 3.63) is 52.3 Å².